The van der Waals surface area contributed by atoms with Crippen molar-refractivity contribution in [1.29, 1.82) is 0 Å². The Morgan fingerprint density at radius 2 is 0.718 bits per heavy atom. The number of benzene rings is 4. The molecule has 0 fully saturated rings. The average Bonchev–Trinajstić information content (AvgIpc) is 2.97. The molecule has 4 rings (SSSR count). The van der Waals surface area contributed by atoms with Crippen molar-refractivity contribution in [2.45, 2.75) is 38.9 Å². The first-order chi connectivity index (χ1) is 18.2. The van der Waals surface area contributed by atoms with Crippen LogP contribution < -0.4 is 0 Å². The molecular weight excluding hydrogens is 512 g/mol. The minimum atomic E-state index is -0.708. The highest BCUT2D eigenvalue weighted by molar-refractivity contribution is 7.59. The molecule has 0 aliphatic heterocycles. The fourth-order valence-corrected chi connectivity index (χ4v) is 3.30. The lowest BCUT2D eigenvalue weighted by molar-refractivity contribution is -0.410. The molecule has 0 N–H and O–H groups in total. The maximum atomic E-state index is 11.5. The number of carbonyl (C=O) groups excluding carboxylic acids is 2. The molecule has 39 heavy (non-hydrogen) atoms. The van der Waals surface area contributed by atoms with Gasteiger partial charge < -0.3 is 0 Å². The van der Waals surface area contributed by atoms with Crippen molar-refractivity contribution in [2.24, 2.45) is 0 Å². The van der Waals surface area contributed by atoms with Gasteiger partial charge in [-0.1, -0.05) is 97.1 Å². The van der Waals surface area contributed by atoms with E-state index in [0.29, 0.717) is 11.1 Å². The molecule has 0 saturated heterocycles. The van der Waals surface area contributed by atoms with Crippen LogP contribution in [0.4, 0.5) is 0 Å². The van der Waals surface area contributed by atoms with Gasteiger partial charge in [0.2, 0.25) is 0 Å². The molecule has 4 aromatic rings. The smallest absolute Gasteiger partial charge is 0.242 e. The minimum Gasteiger partial charge on any atom is -0.242 e. The Kier molecular flexibility index (Phi) is 11.9. The summed E-state index contributed by atoms with van der Waals surface area (Å²) in [5.74, 6) is -1.42. The highest BCUT2D eigenvalue weighted by atomic mass is 32.1. The van der Waals surface area contributed by atoms with Gasteiger partial charge in [0.25, 0.3) is 0 Å². The third-order valence-corrected chi connectivity index (χ3v) is 5.61. The maximum absolute atomic E-state index is 11.5. The monoisotopic (exact) mass is 546 g/mol. The molecule has 0 radical (unpaired) electrons. The second-order valence-corrected chi connectivity index (χ2v) is 9.39. The van der Waals surface area contributed by atoms with Crippen LogP contribution >= 0.6 is 13.5 Å². The van der Waals surface area contributed by atoms with Crippen molar-refractivity contribution in [2.75, 3.05) is 0 Å². The molecule has 0 saturated carbocycles. The first kappa shape index (κ1) is 31.3. The van der Waals surface area contributed by atoms with Gasteiger partial charge in [0.15, 0.2) is 0 Å². The minimum absolute atomic E-state index is 0. The van der Waals surface area contributed by atoms with Crippen molar-refractivity contribution < 1.29 is 29.1 Å². The van der Waals surface area contributed by atoms with Gasteiger partial charge in [-0.3, -0.25) is 0 Å². The average molecular weight is 547 g/mol. The van der Waals surface area contributed by atoms with Crippen LogP contribution in [0.5, 0.6) is 0 Å². The molecule has 0 spiro atoms. The topological polar surface area (TPSA) is 71.1 Å². The number of hydrogen-bond acceptors (Lipinski definition) is 6. The van der Waals surface area contributed by atoms with E-state index in [9.17, 15) is 9.59 Å². The normalized spacial score (nSPS) is 10.8. The zero-order chi connectivity index (χ0) is 27.4. The molecule has 0 atom stereocenters. The Hall–Kier alpha value is -3.91. The molecule has 0 bridgehead atoms. The fourth-order valence-electron chi connectivity index (χ4n) is 3.30. The molecule has 6 nitrogen and oxygen atoms in total. The largest absolute Gasteiger partial charge is 0.386 e. The van der Waals surface area contributed by atoms with Gasteiger partial charge in [-0.2, -0.15) is 13.5 Å². The van der Waals surface area contributed by atoms with E-state index in [1.165, 1.54) is 0 Å². The highest BCUT2D eigenvalue weighted by Crippen LogP contribution is 2.31. The van der Waals surface area contributed by atoms with Crippen LogP contribution in [0, 0.1) is 0 Å². The van der Waals surface area contributed by atoms with Crippen molar-refractivity contribution in [1.82, 2.24) is 0 Å². The SMILES string of the molecule is CC(C)(OOC(C)(C)c1ccccc1)c1ccccc1.O=C(OOC(=O)c1ccccc1)c1ccccc1.S. The summed E-state index contributed by atoms with van der Waals surface area (Å²) in [6.45, 7) is 8.01. The summed E-state index contributed by atoms with van der Waals surface area (Å²) in [6, 6.07) is 36.7. The lowest BCUT2D eigenvalue weighted by Gasteiger charge is -2.31. The fraction of sp³-hybridized carbons (Fsp3) is 0.188. The van der Waals surface area contributed by atoms with Crippen molar-refractivity contribution in [3.05, 3.63) is 144 Å². The first-order valence-electron chi connectivity index (χ1n) is 12.2. The van der Waals surface area contributed by atoms with Gasteiger partial charge in [0.05, 0.1) is 11.1 Å². The third-order valence-electron chi connectivity index (χ3n) is 5.61. The molecule has 0 aromatic heterocycles. The summed E-state index contributed by atoms with van der Waals surface area (Å²) < 4.78 is 0. The summed E-state index contributed by atoms with van der Waals surface area (Å²) in [7, 11) is 0. The molecule has 4 aromatic carbocycles. The van der Waals surface area contributed by atoms with Crippen LogP contribution in [0.1, 0.15) is 59.5 Å². The molecule has 0 heterocycles. The molecule has 0 aliphatic rings. The highest BCUT2D eigenvalue weighted by Gasteiger charge is 2.29. The molecule has 7 heteroatoms. The molecule has 204 valence electrons. The Balaban J connectivity index is 0.000000268. The van der Waals surface area contributed by atoms with Crippen LogP contribution in [0.2, 0.25) is 0 Å². The predicted molar refractivity (Wildman–Crippen MR) is 155 cm³/mol. The summed E-state index contributed by atoms with van der Waals surface area (Å²) in [4.78, 5) is 43.3. The Bertz CT molecular complexity index is 1170. The van der Waals surface area contributed by atoms with Crippen LogP contribution in [0.3, 0.4) is 0 Å². The zero-order valence-electron chi connectivity index (χ0n) is 22.5. The van der Waals surface area contributed by atoms with Gasteiger partial charge in [0.1, 0.15) is 11.2 Å². The van der Waals surface area contributed by atoms with E-state index in [-0.39, 0.29) is 13.5 Å². The molecular formula is C32H34O6S. The van der Waals surface area contributed by atoms with E-state index in [1.807, 2.05) is 88.4 Å². The van der Waals surface area contributed by atoms with E-state index in [0.717, 1.165) is 11.1 Å². The van der Waals surface area contributed by atoms with E-state index < -0.39 is 23.1 Å². The van der Waals surface area contributed by atoms with Crippen LogP contribution in [-0.2, 0) is 30.8 Å². The predicted octanol–water partition coefficient (Wildman–Crippen LogP) is 7.53. The number of rotatable bonds is 7. The lowest BCUT2D eigenvalue weighted by Crippen LogP contribution is -2.29. The summed E-state index contributed by atoms with van der Waals surface area (Å²) in [5.41, 5.74) is 1.82. The maximum Gasteiger partial charge on any atom is 0.386 e. The molecule has 0 amide bonds. The van der Waals surface area contributed by atoms with Crippen molar-refractivity contribution >= 4 is 25.4 Å². The van der Waals surface area contributed by atoms with Gasteiger partial charge >= 0.3 is 11.9 Å². The Morgan fingerprint density at radius 1 is 0.462 bits per heavy atom. The number of hydrogen-bond donors (Lipinski definition) is 0. The van der Waals surface area contributed by atoms with E-state index in [4.69, 9.17) is 9.78 Å². The molecule has 0 aliphatic carbocycles. The zero-order valence-corrected chi connectivity index (χ0v) is 23.5. The number of carbonyl (C=O) groups is 2. The molecule has 0 unspecified atom stereocenters. The van der Waals surface area contributed by atoms with Crippen molar-refractivity contribution in [3.63, 3.8) is 0 Å². The lowest BCUT2D eigenvalue weighted by atomic mass is 9.98. The van der Waals surface area contributed by atoms with Crippen molar-refractivity contribution in [3.8, 4) is 0 Å². The Labute approximate surface area is 236 Å². The van der Waals surface area contributed by atoms with Crippen LogP contribution in [0.25, 0.3) is 0 Å². The van der Waals surface area contributed by atoms with E-state index in [1.54, 1.807) is 60.7 Å². The summed E-state index contributed by atoms with van der Waals surface area (Å²) >= 11 is 0. The standard InChI is InChI=1S/C18H22O2.C14H10O4.H2S/c1-17(2,15-11-7-5-8-12-15)19-20-18(3,4)16-13-9-6-10-14-16;15-13(11-7-3-1-4-8-11)17-18-14(16)12-9-5-2-6-10-12;/h5-14H,1-4H3;1-10H;1H2. The summed E-state index contributed by atoms with van der Waals surface area (Å²) in [5, 5.41) is 0. The second kappa shape index (κ2) is 14.9. The Morgan fingerprint density at radius 3 is 1.00 bits per heavy atom. The van der Waals surface area contributed by atoms with Gasteiger partial charge in [-0.25, -0.2) is 29.1 Å². The van der Waals surface area contributed by atoms with E-state index >= 15 is 0 Å². The van der Waals surface area contributed by atoms with Gasteiger partial charge in [-0.15, -0.1) is 0 Å². The van der Waals surface area contributed by atoms with Gasteiger partial charge in [-0.05, 0) is 63.1 Å². The third kappa shape index (κ3) is 9.72. The van der Waals surface area contributed by atoms with Gasteiger partial charge in [0, 0.05) is 0 Å². The quantitative estimate of drug-likeness (QED) is 0.176. The van der Waals surface area contributed by atoms with Crippen LogP contribution in [0.15, 0.2) is 121 Å². The van der Waals surface area contributed by atoms with Crippen LogP contribution in [-0.4, -0.2) is 11.9 Å². The summed E-state index contributed by atoms with van der Waals surface area (Å²) in [6.07, 6.45) is 0. The van der Waals surface area contributed by atoms with E-state index in [2.05, 4.69) is 9.78 Å². The first-order valence-corrected chi connectivity index (χ1v) is 12.2. The second-order valence-electron chi connectivity index (χ2n) is 9.39.